The average Bonchev–Trinajstić information content (AvgIpc) is 2.83. The number of carbonyl (C=O) groups is 2. The SMILES string of the molecule is CCC(CC)(CNC(=O)Nc1ccsc1)C(=O)O. The molecule has 0 fully saturated rings. The van der Waals surface area contributed by atoms with Gasteiger partial charge in [0.1, 0.15) is 0 Å². The number of carboxylic acids is 1. The first kappa shape index (κ1) is 14.5. The molecule has 0 saturated carbocycles. The van der Waals surface area contributed by atoms with Crippen molar-refractivity contribution >= 4 is 29.0 Å². The third-order valence-corrected chi connectivity index (χ3v) is 3.86. The van der Waals surface area contributed by atoms with Crippen LogP contribution in [-0.4, -0.2) is 23.7 Å². The van der Waals surface area contributed by atoms with E-state index in [9.17, 15) is 14.7 Å². The Bertz CT molecular complexity index is 399. The van der Waals surface area contributed by atoms with Crippen LogP contribution in [0.25, 0.3) is 0 Å². The number of amides is 2. The van der Waals surface area contributed by atoms with Gasteiger partial charge in [0.05, 0.1) is 11.1 Å². The van der Waals surface area contributed by atoms with Gasteiger partial charge in [0, 0.05) is 11.9 Å². The van der Waals surface area contributed by atoms with Gasteiger partial charge in [-0.15, -0.1) is 0 Å². The molecule has 0 radical (unpaired) electrons. The Hall–Kier alpha value is -1.56. The van der Waals surface area contributed by atoms with E-state index >= 15 is 0 Å². The number of carbonyl (C=O) groups excluding carboxylic acids is 1. The number of aliphatic carboxylic acids is 1. The van der Waals surface area contributed by atoms with E-state index in [1.165, 1.54) is 11.3 Å². The van der Waals surface area contributed by atoms with Crippen LogP contribution in [0.3, 0.4) is 0 Å². The van der Waals surface area contributed by atoms with E-state index in [-0.39, 0.29) is 12.6 Å². The van der Waals surface area contributed by atoms with E-state index in [2.05, 4.69) is 10.6 Å². The second-order valence-electron chi connectivity index (χ2n) is 4.11. The van der Waals surface area contributed by atoms with Gasteiger partial charge < -0.3 is 15.7 Å². The lowest BCUT2D eigenvalue weighted by Gasteiger charge is -2.26. The van der Waals surface area contributed by atoms with Gasteiger partial charge in [0.2, 0.25) is 0 Å². The second-order valence-corrected chi connectivity index (χ2v) is 4.89. The van der Waals surface area contributed by atoms with Crippen LogP contribution in [0.2, 0.25) is 0 Å². The zero-order valence-corrected chi connectivity index (χ0v) is 11.3. The molecule has 0 unspecified atom stereocenters. The van der Waals surface area contributed by atoms with Crippen molar-refractivity contribution in [3.05, 3.63) is 16.8 Å². The maximum Gasteiger partial charge on any atom is 0.319 e. The first-order valence-corrected chi connectivity index (χ1v) is 6.79. The largest absolute Gasteiger partial charge is 0.481 e. The van der Waals surface area contributed by atoms with Crippen LogP contribution in [-0.2, 0) is 4.79 Å². The van der Waals surface area contributed by atoms with Gasteiger partial charge in [0.15, 0.2) is 0 Å². The van der Waals surface area contributed by atoms with Crippen molar-refractivity contribution in [1.29, 1.82) is 0 Å². The van der Waals surface area contributed by atoms with Gasteiger partial charge in [0.25, 0.3) is 0 Å². The number of anilines is 1. The van der Waals surface area contributed by atoms with Crippen LogP contribution < -0.4 is 10.6 Å². The molecule has 0 aliphatic carbocycles. The molecule has 1 rings (SSSR count). The van der Waals surface area contributed by atoms with Crippen molar-refractivity contribution in [2.75, 3.05) is 11.9 Å². The predicted molar refractivity (Wildman–Crippen MR) is 72.0 cm³/mol. The van der Waals surface area contributed by atoms with Crippen molar-refractivity contribution < 1.29 is 14.7 Å². The maximum absolute atomic E-state index is 11.6. The highest BCUT2D eigenvalue weighted by molar-refractivity contribution is 7.08. The summed E-state index contributed by atoms with van der Waals surface area (Å²) < 4.78 is 0. The number of nitrogens with one attached hydrogen (secondary N) is 2. The molecule has 1 heterocycles. The summed E-state index contributed by atoms with van der Waals surface area (Å²) in [5.41, 5.74) is -0.169. The Morgan fingerprint density at radius 3 is 2.50 bits per heavy atom. The maximum atomic E-state index is 11.6. The van der Waals surface area contributed by atoms with Crippen molar-refractivity contribution in [3.8, 4) is 0 Å². The Morgan fingerprint density at radius 2 is 2.06 bits per heavy atom. The molecular weight excluding hydrogens is 252 g/mol. The van der Waals surface area contributed by atoms with E-state index in [0.717, 1.165) is 0 Å². The molecular formula is C12H18N2O3S. The fourth-order valence-corrected chi connectivity index (χ4v) is 2.23. The van der Waals surface area contributed by atoms with E-state index in [4.69, 9.17) is 0 Å². The number of carboxylic acid groups (broad SMARTS) is 1. The van der Waals surface area contributed by atoms with E-state index < -0.39 is 11.4 Å². The quantitative estimate of drug-likeness (QED) is 0.743. The van der Waals surface area contributed by atoms with Gasteiger partial charge >= 0.3 is 12.0 Å². The molecule has 0 aliphatic heterocycles. The van der Waals surface area contributed by atoms with Gasteiger partial charge in [-0.2, -0.15) is 11.3 Å². The van der Waals surface area contributed by atoms with Gasteiger partial charge in [-0.05, 0) is 24.3 Å². The minimum Gasteiger partial charge on any atom is -0.481 e. The van der Waals surface area contributed by atoms with Crippen LogP contribution in [0, 0.1) is 5.41 Å². The third kappa shape index (κ3) is 3.46. The molecule has 2 amide bonds. The van der Waals surface area contributed by atoms with Crippen molar-refractivity contribution in [2.24, 2.45) is 5.41 Å². The summed E-state index contributed by atoms with van der Waals surface area (Å²) in [5.74, 6) is -0.872. The summed E-state index contributed by atoms with van der Waals surface area (Å²) in [5, 5.41) is 18.2. The minimum atomic E-state index is -0.883. The number of thiophene rings is 1. The molecule has 6 heteroatoms. The highest BCUT2D eigenvalue weighted by Gasteiger charge is 2.35. The normalized spacial score (nSPS) is 11.0. The predicted octanol–water partition coefficient (Wildman–Crippen LogP) is 2.76. The Balaban J connectivity index is 2.52. The fraction of sp³-hybridized carbons (Fsp3) is 0.500. The van der Waals surface area contributed by atoms with E-state index in [1.54, 1.807) is 6.07 Å². The smallest absolute Gasteiger partial charge is 0.319 e. The van der Waals surface area contributed by atoms with Crippen molar-refractivity contribution in [1.82, 2.24) is 5.32 Å². The van der Waals surface area contributed by atoms with E-state index in [1.807, 2.05) is 24.6 Å². The van der Waals surface area contributed by atoms with Crippen LogP contribution in [0.1, 0.15) is 26.7 Å². The Morgan fingerprint density at radius 1 is 1.39 bits per heavy atom. The lowest BCUT2D eigenvalue weighted by atomic mass is 9.82. The summed E-state index contributed by atoms with van der Waals surface area (Å²) in [7, 11) is 0. The zero-order chi connectivity index (χ0) is 13.6. The Labute approximate surface area is 110 Å². The molecule has 0 aromatic carbocycles. The lowest BCUT2D eigenvalue weighted by molar-refractivity contribution is -0.149. The topological polar surface area (TPSA) is 78.4 Å². The second kappa shape index (κ2) is 6.39. The fourth-order valence-electron chi connectivity index (χ4n) is 1.64. The highest BCUT2D eigenvalue weighted by Crippen LogP contribution is 2.25. The number of urea groups is 1. The standard InChI is InChI=1S/C12H18N2O3S/c1-3-12(4-2,10(15)16)8-13-11(17)14-9-5-6-18-7-9/h5-7H,3-4,8H2,1-2H3,(H,15,16)(H2,13,14,17). The van der Waals surface area contributed by atoms with Crippen LogP contribution in [0.5, 0.6) is 0 Å². The van der Waals surface area contributed by atoms with Crippen LogP contribution in [0.15, 0.2) is 16.8 Å². The molecule has 3 N–H and O–H groups in total. The highest BCUT2D eigenvalue weighted by atomic mass is 32.1. The summed E-state index contributed by atoms with van der Waals surface area (Å²) in [4.78, 5) is 22.8. The van der Waals surface area contributed by atoms with Gasteiger partial charge in [-0.25, -0.2) is 4.79 Å². The lowest BCUT2D eigenvalue weighted by Crippen LogP contribution is -2.43. The van der Waals surface area contributed by atoms with Crippen molar-refractivity contribution in [2.45, 2.75) is 26.7 Å². The van der Waals surface area contributed by atoms with Crippen LogP contribution in [0.4, 0.5) is 10.5 Å². The van der Waals surface area contributed by atoms with Crippen LogP contribution >= 0.6 is 11.3 Å². The molecule has 0 aliphatic rings. The van der Waals surface area contributed by atoms with Gasteiger partial charge in [-0.1, -0.05) is 13.8 Å². The zero-order valence-electron chi connectivity index (χ0n) is 10.5. The number of rotatable bonds is 6. The van der Waals surface area contributed by atoms with Crippen molar-refractivity contribution in [3.63, 3.8) is 0 Å². The molecule has 5 nitrogen and oxygen atoms in total. The molecule has 1 aromatic heterocycles. The third-order valence-electron chi connectivity index (χ3n) is 3.17. The first-order valence-electron chi connectivity index (χ1n) is 5.84. The van der Waals surface area contributed by atoms with E-state index in [0.29, 0.717) is 18.5 Å². The molecule has 0 saturated heterocycles. The monoisotopic (exact) mass is 270 g/mol. The minimum absolute atomic E-state index is 0.130. The molecule has 18 heavy (non-hydrogen) atoms. The molecule has 0 atom stereocenters. The summed E-state index contributed by atoms with van der Waals surface area (Å²) >= 11 is 1.48. The average molecular weight is 270 g/mol. The van der Waals surface area contributed by atoms with Gasteiger partial charge in [-0.3, -0.25) is 4.79 Å². The molecule has 0 bridgehead atoms. The molecule has 100 valence electrons. The first-order chi connectivity index (χ1) is 8.54. The summed E-state index contributed by atoms with van der Waals surface area (Å²) in [6, 6.07) is 1.41. The summed E-state index contributed by atoms with van der Waals surface area (Å²) in [6.45, 7) is 3.76. The summed E-state index contributed by atoms with van der Waals surface area (Å²) in [6.07, 6.45) is 0.967. The molecule has 0 spiro atoms. The molecule has 1 aromatic rings. The number of hydrogen-bond donors (Lipinski definition) is 3. The Kier molecular flexibility index (Phi) is 5.15. The number of hydrogen-bond acceptors (Lipinski definition) is 3.